The van der Waals surface area contributed by atoms with Crippen molar-refractivity contribution in [3.8, 4) is 0 Å². The molecule has 0 aromatic heterocycles. The summed E-state index contributed by atoms with van der Waals surface area (Å²) in [6.45, 7) is 3.22. The average molecular weight is 247 g/mol. The van der Waals surface area contributed by atoms with Gasteiger partial charge in [0.1, 0.15) is 9.84 Å². The summed E-state index contributed by atoms with van der Waals surface area (Å²) in [6, 6.07) is 0.551. The van der Waals surface area contributed by atoms with Crippen LogP contribution >= 0.6 is 0 Å². The molecule has 3 nitrogen and oxygen atoms in total. The Morgan fingerprint density at radius 3 is 2.50 bits per heavy atom. The molecule has 4 heteroatoms. The normalized spacial score (nSPS) is 19.4. The van der Waals surface area contributed by atoms with Crippen molar-refractivity contribution in [2.45, 2.75) is 51.5 Å². The smallest absolute Gasteiger partial charge is 0.147 e. The van der Waals surface area contributed by atoms with Gasteiger partial charge in [0.2, 0.25) is 0 Å². The molecule has 1 unspecified atom stereocenters. The summed E-state index contributed by atoms with van der Waals surface area (Å²) in [7, 11) is -2.78. The van der Waals surface area contributed by atoms with Crippen LogP contribution in [0.3, 0.4) is 0 Å². The molecule has 0 radical (unpaired) electrons. The Balaban J connectivity index is 2.26. The van der Waals surface area contributed by atoms with Gasteiger partial charge in [-0.2, -0.15) is 0 Å². The molecule has 0 spiro atoms. The highest BCUT2D eigenvalue weighted by Gasteiger charge is 2.26. The second-order valence-electron chi connectivity index (χ2n) is 5.02. The molecule has 1 fully saturated rings. The second kappa shape index (κ2) is 6.60. The van der Waals surface area contributed by atoms with Crippen LogP contribution in [0.5, 0.6) is 0 Å². The van der Waals surface area contributed by atoms with Crippen molar-refractivity contribution >= 4 is 9.84 Å². The Labute approximate surface area is 99.9 Å². The van der Waals surface area contributed by atoms with E-state index in [2.05, 4.69) is 12.2 Å². The fourth-order valence-corrected chi connectivity index (χ4v) is 2.93. The van der Waals surface area contributed by atoms with Crippen molar-refractivity contribution < 1.29 is 8.42 Å². The molecule has 0 aromatic rings. The lowest BCUT2D eigenvalue weighted by atomic mass is 9.78. The Kier molecular flexibility index (Phi) is 5.76. The van der Waals surface area contributed by atoms with E-state index < -0.39 is 9.84 Å². The second-order valence-corrected chi connectivity index (χ2v) is 7.28. The molecule has 1 N–H and O–H groups in total. The topological polar surface area (TPSA) is 46.2 Å². The first-order valence-corrected chi connectivity index (χ1v) is 8.50. The first-order valence-electron chi connectivity index (χ1n) is 6.44. The Bertz CT molecular complexity index is 283. The molecule has 0 amide bonds. The molecule has 0 bridgehead atoms. The van der Waals surface area contributed by atoms with Gasteiger partial charge in [-0.15, -0.1) is 0 Å². The first kappa shape index (κ1) is 14.0. The molecule has 0 aliphatic heterocycles. The standard InChI is InChI=1S/C12H25NO2S/c1-3-9-13-12(11-6-4-7-11)8-5-10-16(2,14)15/h11-13H,3-10H2,1-2H3. The molecule has 0 heterocycles. The van der Waals surface area contributed by atoms with E-state index in [1.807, 2.05) is 0 Å². The number of hydrogen-bond donors (Lipinski definition) is 1. The highest BCUT2D eigenvalue weighted by atomic mass is 32.2. The van der Waals surface area contributed by atoms with E-state index in [0.717, 1.165) is 31.7 Å². The van der Waals surface area contributed by atoms with E-state index in [1.54, 1.807) is 0 Å². The lowest BCUT2D eigenvalue weighted by Crippen LogP contribution is -2.40. The zero-order chi connectivity index (χ0) is 12.0. The van der Waals surface area contributed by atoms with Crippen molar-refractivity contribution in [2.75, 3.05) is 18.6 Å². The minimum Gasteiger partial charge on any atom is -0.314 e. The molecule has 1 rings (SSSR count). The highest BCUT2D eigenvalue weighted by Crippen LogP contribution is 2.31. The van der Waals surface area contributed by atoms with Gasteiger partial charge in [-0.05, 0) is 44.6 Å². The van der Waals surface area contributed by atoms with Gasteiger partial charge >= 0.3 is 0 Å². The van der Waals surface area contributed by atoms with Crippen LogP contribution in [-0.2, 0) is 9.84 Å². The Morgan fingerprint density at radius 1 is 1.38 bits per heavy atom. The van der Waals surface area contributed by atoms with Gasteiger partial charge in [0.15, 0.2) is 0 Å². The van der Waals surface area contributed by atoms with Crippen molar-refractivity contribution in [3.63, 3.8) is 0 Å². The van der Waals surface area contributed by atoms with Gasteiger partial charge in [-0.1, -0.05) is 13.3 Å². The van der Waals surface area contributed by atoms with Crippen LogP contribution in [0.25, 0.3) is 0 Å². The van der Waals surface area contributed by atoms with E-state index in [1.165, 1.54) is 25.5 Å². The third kappa shape index (κ3) is 5.30. The van der Waals surface area contributed by atoms with Crippen LogP contribution in [0, 0.1) is 5.92 Å². The number of rotatable bonds is 8. The van der Waals surface area contributed by atoms with Gasteiger partial charge in [0.25, 0.3) is 0 Å². The maximum Gasteiger partial charge on any atom is 0.147 e. The molecule has 1 saturated carbocycles. The summed E-state index contributed by atoms with van der Waals surface area (Å²) in [4.78, 5) is 0. The fraction of sp³-hybridized carbons (Fsp3) is 1.00. The van der Waals surface area contributed by atoms with Crippen LogP contribution in [-0.4, -0.2) is 33.0 Å². The quantitative estimate of drug-likeness (QED) is 0.713. The van der Waals surface area contributed by atoms with E-state index >= 15 is 0 Å². The van der Waals surface area contributed by atoms with Crippen molar-refractivity contribution in [2.24, 2.45) is 5.92 Å². The largest absolute Gasteiger partial charge is 0.314 e. The Hall–Kier alpha value is -0.0900. The monoisotopic (exact) mass is 247 g/mol. The lowest BCUT2D eigenvalue weighted by molar-refractivity contribution is 0.219. The van der Waals surface area contributed by atoms with Crippen molar-refractivity contribution in [1.82, 2.24) is 5.32 Å². The van der Waals surface area contributed by atoms with Gasteiger partial charge in [0.05, 0.1) is 0 Å². The molecule has 0 aromatic carbocycles. The molecule has 1 atom stereocenters. The van der Waals surface area contributed by atoms with Gasteiger partial charge in [-0.3, -0.25) is 0 Å². The molecule has 96 valence electrons. The number of hydrogen-bond acceptors (Lipinski definition) is 3. The van der Waals surface area contributed by atoms with E-state index in [0.29, 0.717) is 11.8 Å². The van der Waals surface area contributed by atoms with Crippen LogP contribution in [0.4, 0.5) is 0 Å². The van der Waals surface area contributed by atoms with E-state index in [4.69, 9.17) is 0 Å². The molecule has 1 aliphatic rings. The molecule has 1 aliphatic carbocycles. The SMILES string of the molecule is CCCNC(CCCS(C)(=O)=O)C1CCC1. The fourth-order valence-electron chi connectivity index (χ4n) is 2.24. The Morgan fingerprint density at radius 2 is 2.06 bits per heavy atom. The average Bonchev–Trinajstić information content (AvgIpc) is 2.08. The van der Waals surface area contributed by atoms with Crippen molar-refractivity contribution in [1.29, 1.82) is 0 Å². The predicted molar refractivity (Wildman–Crippen MR) is 68.4 cm³/mol. The van der Waals surface area contributed by atoms with Crippen LogP contribution in [0.15, 0.2) is 0 Å². The molecular formula is C12H25NO2S. The summed E-state index contributed by atoms with van der Waals surface area (Å²) in [5.74, 6) is 1.13. The minimum absolute atomic E-state index is 0.337. The van der Waals surface area contributed by atoms with Crippen LogP contribution < -0.4 is 5.32 Å². The van der Waals surface area contributed by atoms with Gasteiger partial charge in [0, 0.05) is 18.1 Å². The number of sulfone groups is 1. The maximum absolute atomic E-state index is 11.1. The maximum atomic E-state index is 11.1. The van der Waals surface area contributed by atoms with E-state index in [9.17, 15) is 8.42 Å². The van der Waals surface area contributed by atoms with E-state index in [-0.39, 0.29) is 0 Å². The number of nitrogens with one attached hydrogen (secondary N) is 1. The molecule has 0 saturated heterocycles. The van der Waals surface area contributed by atoms with Crippen LogP contribution in [0.1, 0.15) is 45.4 Å². The third-order valence-electron chi connectivity index (χ3n) is 3.41. The molecular weight excluding hydrogens is 222 g/mol. The highest BCUT2D eigenvalue weighted by molar-refractivity contribution is 7.90. The minimum atomic E-state index is -2.78. The summed E-state index contributed by atoms with van der Waals surface area (Å²) in [5.41, 5.74) is 0. The van der Waals surface area contributed by atoms with Crippen molar-refractivity contribution in [3.05, 3.63) is 0 Å². The summed E-state index contributed by atoms with van der Waals surface area (Å²) in [5, 5.41) is 3.56. The van der Waals surface area contributed by atoms with Gasteiger partial charge < -0.3 is 5.32 Å². The summed E-state index contributed by atoms with van der Waals surface area (Å²) < 4.78 is 22.1. The lowest BCUT2D eigenvalue weighted by Gasteiger charge is -2.34. The summed E-state index contributed by atoms with van der Waals surface area (Å²) in [6.07, 6.45) is 8.27. The summed E-state index contributed by atoms with van der Waals surface area (Å²) >= 11 is 0. The third-order valence-corrected chi connectivity index (χ3v) is 4.44. The first-order chi connectivity index (χ1) is 7.53. The zero-order valence-electron chi connectivity index (χ0n) is 10.5. The van der Waals surface area contributed by atoms with Gasteiger partial charge in [-0.25, -0.2) is 8.42 Å². The molecule has 16 heavy (non-hydrogen) atoms. The predicted octanol–water partition coefficient (Wildman–Crippen LogP) is 1.98. The van der Waals surface area contributed by atoms with Crippen LogP contribution in [0.2, 0.25) is 0 Å². The zero-order valence-corrected chi connectivity index (χ0v) is 11.4.